The summed E-state index contributed by atoms with van der Waals surface area (Å²) in [5.41, 5.74) is 2.95. The predicted octanol–water partition coefficient (Wildman–Crippen LogP) is 2.45. The van der Waals surface area contributed by atoms with E-state index in [1.165, 1.54) is 0 Å². The molecule has 0 fully saturated rings. The van der Waals surface area contributed by atoms with Gasteiger partial charge in [-0.3, -0.25) is 4.57 Å². The van der Waals surface area contributed by atoms with Gasteiger partial charge in [0.05, 0.1) is 11.0 Å². The van der Waals surface area contributed by atoms with Gasteiger partial charge in [0.15, 0.2) is 0 Å². The number of hydrogen-bond acceptors (Lipinski definition) is 1. The molecule has 3 nitrogen and oxygen atoms in total. The molecule has 0 aliphatic rings. The number of rotatable bonds is 0. The Hall–Kier alpha value is -1.51. The van der Waals surface area contributed by atoms with E-state index in [1.807, 2.05) is 39.0 Å². The van der Waals surface area contributed by atoms with Gasteiger partial charge in [0.2, 0.25) is 0 Å². The molecule has 0 radical (unpaired) electrons. The monoisotopic (exact) mass is 194 g/mol. The van der Waals surface area contributed by atoms with E-state index < -0.39 is 0 Å². The Kier molecular flexibility index (Phi) is 3.12. The number of nitrogens with zero attached hydrogens (tertiary/aromatic N) is 1. The van der Waals surface area contributed by atoms with Gasteiger partial charge in [0.1, 0.15) is 0 Å². The number of benzene rings is 1. The summed E-state index contributed by atoms with van der Waals surface area (Å²) in [6, 6.07) is 5.91. The molecule has 0 bridgehead atoms. The maximum absolute atomic E-state index is 11.2. The molecule has 1 aromatic heterocycles. The molecule has 3 heteroatoms. The fraction of sp³-hybridized carbons (Fsp3) is 0.364. The smallest absolute Gasteiger partial charge is 0.306 e. The van der Waals surface area contributed by atoms with Crippen LogP contribution in [0.2, 0.25) is 0 Å². The average Bonchev–Trinajstić information content (AvgIpc) is 2.45. The molecule has 0 unspecified atom stereocenters. The summed E-state index contributed by atoms with van der Waals surface area (Å²) in [4.78, 5) is 13.9. The third-order valence-electron chi connectivity index (χ3n) is 2.06. The van der Waals surface area contributed by atoms with Gasteiger partial charge in [0, 0.05) is 8.47 Å². The first-order valence-corrected chi connectivity index (χ1v) is 4.84. The molecule has 0 amide bonds. The highest BCUT2D eigenvalue weighted by molar-refractivity contribution is 5.75. The van der Waals surface area contributed by atoms with Crippen LogP contribution < -0.4 is 5.69 Å². The first-order chi connectivity index (χ1) is 6.68. The van der Waals surface area contributed by atoms with Gasteiger partial charge in [-0.25, -0.2) is 4.79 Å². The Bertz CT molecular complexity index is 485. The quantitative estimate of drug-likeness (QED) is 0.687. The molecule has 1 heterocycles. The second-order valence-electron chi connectivity index (χ2n) is 3.01. The molecule has 0 saturated heterocycles. The van der Waals surface area contributed by atoms with Crippen LogP contribution >= 0.6 is 0 Å². The van der Waals surface area contributed by atoms with Gasteiger partial charge in [-0.2, -0.15) is 0 Å². The molecule has 0 saturated carbocycles. The largest absolute Gasteiger partial charge is 0.326 e. The van der Waals surface area contributed by atoms with Crippen LogP contribution in [0, 0.1) is 6.92 Å². The van der Waals surface area contributed by atoms with Crippen LogP contribution in [0.1, 0.15) is 20.8 Å². The van der Waals surface area contributed by atoms with Crippen molar-refractivity contribution in [1.29, 1.82) is 0 Å². The normalized spacial score (nSPS) is 9.71. The van der Waals surface area contributed by atoms with Gasteiger partial charge in [-0.15, -0.1) is 0 Å². The summed E-state index contributed by atoms with van der Waals surface area (Å²) in [6.45, 7) is 6.00. The predicted molar refractivity (Wildman–Crippen MR) is 61.7 cm³/mol. The standard InChI is InChI=1S/C9H10N2O.C2H6.H2/c1-6-3-4-8-7(5-6)10-9(12)11(8)2;1-2;/h3-5H,1-2H3,(H,10,12);1-2H3;1H. The average molecular weight is 194 g/mol. The lowest BCUT2D eigenvalue weighted by Crippen LogP contribution is -2.11. The van der Waals surface area contributed by atoms with Gasteiger partial charge in [0.25, 0.3) is 0 Å². The molecular formula is C11H18N2O. The zero-order valence-corrected chi connectivity index (χ0v) is 9.09. The Balaban J connectivity index is 0.000000617. The summed E-state index contributed by atoms with van der Waals surface area (Å²) in [7, 11) is 1.76. The highest BCUT2D eigenvalue weighted by Gasteiger charge is 2.00. The molecular weight excluding hydrogens is 176 g/mol. The van der Waals surface area contributed by atoms with Crippen LogP contribution in [-0.2, 0) is 7.05 Å². The summed E-state index contributed by atoms with van der Waals surface area (Å²) < 4.78 is 1.61. The molecule has 2 aromatic rings. The SMILES string of the molecule is CC.Cc1ccc2c(c1)[nH]c(=O)n2C.[HH]. The molecule has 0 spiro atoms. The molecule has 14 heavy (non-hydrogen) atoms. The molecule has 1 N–H and O–H groups in total. The van der Waals surface area contributed by atoms with Gasteiger partial charge >= 0.3 is 5.69 Å². The maximum Gasteiger partial charge on any atom is 0.326 e. The van der Waals surface area contributed by atoms with Crippen LogP contribution in [0.25, 0.3) is 11.0 Å². The third kappa shape index (κ3) is 1.71. The van der Waals surface area contributed by atoms with Crippen molar-refractivity contribution in [2.24, 2.45) is 7.05 Å². The van der Waals surface area contributed by atoms with E-state index in [0.717, 1.165) is 16.6 Å². The zero-order valence-electron chi connectivity index (χ0n) is 9.09. The van der Waals surface area contributed by atoms with Crippen LogP contribution in [-0.4, -0.2) is 9.55 Å². The minimum Gasteiger partial charge on any atom is -0.306 e. The van der Waals surface area contributed by atoms with E-state index in [0.29, 0.717) is 0 Å². The van der Waals surface area contributed by atoms with Crippen molar-refractivity contribution in [2.75, 3.05) is 0 Å². The van der Waals surface area contributed by atoms with E-state index in [4.69, 9.17) is 0 Å². The van der Waals surface area contributed by atoms with Crippen LogP contribution in [0.3, 0.4) is 0 Å². The number of hydrogen-bond donors (Lipinski definition) is 1. The summed E-state index contributed by atoms with van der Waals surface area (Å²) >= 11 is 0. The van der Waals surface area contributed by atoms with Crippen molar-refractivity contribution >= 4 is 11.0 Å². The number of imidazole rings is 1. The number of nitrogens with one attached hydrogen (secondary N) is 1. The Morgan fingerprint density at radius 3 is 2.64 bits per heavy atom. The van der Waals surface area contributed by atoms with E-state index in [2.05, 4.69) is 4.98 Å². The van der Waals surface area contributed by atoms with Crippen molar-refractivity contribution < 1.29 is 1.43 Å². The van der Waals surface area contributed by atoms with E-state index in [-0.39, 0.29) is 7.12 Å². The van der Waals surface area contributed by atoms with Crippen molar-refractivity contribution in [1.82, 2.24) is 9.55 Å². The van der Waals surface area contributed by atoms with Crippen LogP contribution in [0.15, 0.2) is 23.0 Å². The lowest BCUT2D eigenvalue weighted by atomic mass is 10.2. The number of aromatic nitrogens is 2. The van der Waals surface area contributed by atoms with E-state index >= 15 is 0 Å². The van der Waals surface area contributed by atoms with Crippen molar-refractivity contribution in [3.8, 4) is 0 Å². The van der Waals surface area contributed by atoms with E-state index in [9.17, 15) is 4.79 Å². The van der Waals surface area contributed by atoms with Crippen molar-refractivity contribution in [3.05, 3.63) is 34.2 Å². The number of fused-ring (bicyclic) bond motifs is 1. The first kappa shape index (κ1) is 10.6. The molecule has 78 valence electrons. The lowest BCUT2D eigenvalue weighted by Gasteiger charge is -1.93. The van der Waals surface area contributed by atoms with Crippen LogP contribution in [0.4, 0.5) is 0 Å². The number of aromatic amines is 1. The molecule has 0 aliphatic heterocycles. The number of aryl methyl sites for hydroxylation is 2. The second-order valence-corrected chi connectivity index (χ2v) is 3.01. The molecule has 0 aliphatic carbocycles. The Labute approximate surface area is 84.9 Å². The third-order valence-corrected chi connectivity index (χ3v) is 2.06. The summed E-state index contributed by atoms with van der Waals surface area (Å²) in [5, 5.41) is 0. The van der Waals surface area contributed by atoms with Crippen LogP contribution in [0.5, 0.6) is 0 Å². The van der Waals surface area contributed by atoms with Gasteiger partial charge in [-0.05, 0) is 24.6 Å². The minimum atomic E-state index is -0.0596. The highest BCUT2D eigenvalue weighted by atomic mass is 16.1. The van der Waals surface area contributed by atoms with Gasteiger partial charge < -0.3 is 4.98 Å². The molecule has 1 aromatic carbocycles. The zero-order chi connectivity index (χ0) is 10.7. The summed E-state index contributed by atoms with van der Waals surface area (Å²) in [5.74, 6) is 0. The Morgan fingerprint density at radius 1 is 1.36 bits per heavy atom. The minimum absolute atomic E-state index is 0. The molecule has 2 rings (SSSR count). The van der Waals surface area contributed by atoms with Gasteiger partial charge in [-0.1, -0.05) is 19.9 Å². The first-order valence-electron chi connectivity index (χ1n) is 4.84. The Morgan fingerprint density at radius 2 is 2.00 bits per heavy atom. The summed E-state index contributed by atoms with van der Waals surface area (Å²) in [6.07, 6.45) is 0. The topological polar surface area (TPSA) is 37.8 Å². The maximum atomic E-state index is 11.2. The van der Waals surface area contributed by atoms with Crippen molar-refractivity contribution in [2.45, 2.75) is 20.8 Å². The fourth-order valence-corrected chi connectivity index (χ4v) is 1.35. The van der Waals surface area contributed by atoms with E-state index in [1.54, 1.807) is 11.6 Å². The number of H-pyrrole nitrogens is 1. The fourth-order valence-electron chi connectivity index (χ4n) is 1.35. The second kappa shape index (κ2) is 4.13. The highest BCUT2D eigenvalue weighted by Crippen LogP contribution is 2.10. The van der Waals surface area contributed by atoms with Crippen molar-refractivity contribution in [3.63, 3.8) is 0 Å². The molecule has 0 atom stereocenters. The lowest BCUT2D eigenvalue weighted by molar-refractivity contribution is 0.891.